The number of hydrogen-bond acceptors (Lipinski definition) is 3. The molecule has 0 aliphatic heterocycles. The molecule has 2 N–H and O–H groups in total. The maximum absolute atomic E-state index is 12.0. The number of aliphatic carboxylic acids is 1. The van der Waals surface area contributed by atoms with Gasteiger partial charge in [-0.2, -0.15) is 0 Å². The van der Waals surface area contributed by atoms with Crippen LogP contribution >= 0.6 is 0 Å². The van der Waals surface area contributed by atoms with Crippen LogP contribution in [0.25, 0.3) is 0 Å². The molecule has 1 fully saturated rings. The van der Waals surface area contributed by atoms with E-state index in [4.69, 9.17) is 5.11 Å². The zero-order chi connectivity index (χ0) is 15.3. The van der Waals surface area contributed by atoms with E-state index >= 15 is 0 Å². The molecule has 0 unspecified atom stereocenters. The van der Waals surface area contributed by atoms with Gasteiger partial charge in [-0.05, 0) is 18.3 Å². The second kappa shape index (κ2) is 6.72. The molecule has 6 heteroatoms. The Hall–Kier alpha value is -1.59. The van der Waals surface area contributed by atoms with Crippen molar-refractivity contribution in [1.82, 2.24) is 10.2 Å². The Morgan fingerprint density at radius 1 is 1.25 bits per heavy atom. The van der Waals surface area contributed by atoms with Crippen LogP contribution in [-0.2, 0) is 14.4 Å². The Bertz CT molecular complexity index is 383. The second-order valence-corrected chi connectivity index (χ2v) is 6.48. The third kappa shape index (κ3) is 6.54. The van der Waals surface area contributed by atoms with Gasteiger partial charge >= 0.3 is 5.97 Å². The summed E-state index contributed by atoms with van der Waals surface area (Å²) in [6.45, 7) is 6.03. The lowest BCUT2D eigenvalue weighted by Gasteiger charge is -2.22. The third-order valence-electron chi connectivity index (χ3n) is 3.00. The van der Waals surface area contributed by atoms with E-state index < -0.39 is 5.97 Å². The molecular weight excluding hydrogens is 260 g/mol. The second-order valence-electron chi connectivity index (χ2n) is 6.48. The lowest BCUT2D eigenvalue weighted by molar-refractivity contribution is -0.139. The number of carbonyl (C=O) groups is 3. The average Bonchev–Trinajstić information content (AvgIpc) is 3.08. The highest BCUT2D eigenvalue weighted by molar-refractivity contribution is 5.85. The molecule has 2 amide bonds. The van der Waals surface area contributed by atoms with Gasteiger partial charge in [-0.25, -0.2) is 0 Å². The van der Waals surface area contributed by atoms with Crippen molar-refractivity contribution in [3.05, 3.63) is 0 Å². The van der Waals surface area contributed by atoms with E-state index in [-0.39, 0.29) is 42.8 Å². The van der Waals surface area contributed by atoms with Gasteiger partial charge in [0.1, 0.15) is 0 Å². The maximum atomic E-state index is 12.0. The molecule has 114 valence electrons. The van der Waals surface area contributed by atoms with E-state index in [9.17, 15) is 14.4 Å². The molecule has 1 rings (SSSR count). The lowest BCUT2D eigenvalue weighted by atomic mass is 9.92. The van der Waals surface area contributed by atoms with Crippen LogP contribution in [0.5, 0.6) is 0 Å². The minimum absolute atomic E-state index is 0.0506. The SMILES string of the molecule is CC(C)(C)CC(=O)NCC(=O)N(CCC(=O)O)C1CC1. The van der Waals surface area contributed by atoms with Crippen molar-refractivity contribution < 1.29 is 19.5 Å². The molecule has 0 aromatic rings. The molecule has 0 bridgehead atoms. The summed E-state index contributed by atoms with van der Waals surface area (Å²) in [6, 6.07) is 0.154. The highest BCUT2D eigenvalue weighted by atomic mass is 16.4. The number of hydrogen-bond donors (Lipinski definition) is 2. The number of amides is 2. The van der Waals surface area contributed by atoms with Crippen LogP contribution in [0.15, 0.2) is 0 Å². The van der Waals surface area contributed by atoms with E-state index in [0.717, 1.165) is 12.8 Å². The molecule has 20 heavy (non-hydrogen) atoms. The van der Waals surface area contributed by atoms with Crippen molar-refractivity contribution in [2.24, 2.45) is 5.41 Å². The average molecular weight is 284 g/mol. The molecular formula is C14H24N2O4. The quantitative estimate of drug-likeness (QED) is 0.730. The van der Waals surface area contributed by atoms with Gasteiger partial charge in [-0.1, -0.05) is 20.8 Å². The Morgan fingerprint density at radius 2 is 1.85 bits per heavy atom. The van der Waals surface area contributed by atoms with E-state index in [1.54, 1.807) is 4.90 Å². The first-order valence-electron chi connectivity index (χ1n) is 6.97. The highest BCUT2D eigenvalue weighted by Gasteiger charge is 2.32. The molecule has 0 aromatic carbocycles. The van der Waals surface area contributed by atoms with Crippen molar-refractivity contribution in [3.63, 3.8) is 0 Å². The van der Waals surface area contributed by atoms with Gasteiger partial charge in [0.05, 0.1) is 13.0 Å². The van der Waals surface area contributed by atoms with Gasteiger partial charge in [0, 0.05) is 19.0 Å². The van der Waals surface area contributed by atoms with Gasteiger partial charge in [0.15, 0.2) is 0 Å². The van der Waals surface area contributed by atoms with Crippen LogP contribution in [0.4, 0.5) is 0 Å². The van der Waals surface area contributed by atoms with Gasteiger partial charge in [0.25, 0.3) is 0 Å². The number of rotatable bonds is 7. The Kier molecular flexibility index (Phi) is 5.53. The summed E-state index contributed by atoms with van der Waals surface area (Å²) >= 11 is 0. The standard InChI is InChI=1S/C14H24N2O4/c1-14(2,3)8-11(17)15-9-12(18)16(10-4-5-10)7-6-13(19)20/h10H,4-9H2,1-3H3,(H,15,17)(H,19,20). The zero-order valence-corrected chi connectivity index (χ0v) is 12.4. The molecule has 1 aliphatic rings. The van der Waals surface area contributed by atoms with Crippen molar-refractivity contribution in [2.45, 2.75) is 52.5 Å². The molecule has 0 heterocycles. The summed E-state index contributed by atoms with van der Waals surface area (Å²) in [5.41, 5.74) is -0.118. The van der Waals surface area contributed by atoms with Crippen molar-refractivity contribution in [2.75, 3.05) is 13.1 Å². The predicted octanol–water partition coefficient (Wildman–Crippen LogP) is 1.00. The van der Waals surface area contributed by atoms with E-state index in [1.165, 1.54) is 0 Å². The van der Waals surface area contributed by atoms with Gasteiger partial charge in [-0.15, -0.1) is 0 Å². The summed E-state index contributed by atoms with van der Waals surface area (Å²) in [5, 5.41) is 11.3. The largest absolute Gasteiger partial charge is 0.481 e. The maximum Gasteiger partial charge on any atom is 0.305 e. The lowest BCUT2D eigenvalue weighted by Crippen LogP contribution is -2.42. The smallest absolute Gasteiger partial charge is 0.305 e. The minimum Gasteiger partial charge on any atom is -0.481 e. The fraction of sp³-hybridized carbons (Fsp3) is 0.786. The topological polar surface area (TPSA) is 86.7 Å². The fourth-order valence-corrected chi connectivity index (χ4v) is 1.93. The minimum atomic E-state index is -0.916. The fourth-order valence-electron chi connectivity index (χ4n) is 1.93. The molecule has 0 aromatic heterocycles. The number of carboxylic acid groups (broad SMARTS) is 1. The summed E-state index contributed by atoms with van der Waals surface area (Å²) < 4.78 is 0. The van der Waals surface area contributed by atoms with Crippen LogP contribution in [0.3, 0.4) is 0 Å². The van der Waals surface area contributed by atoms with Crippen LogP contribution in [-0.4, -0.2) is 46.9 Å². The molecule has 6 nitrogen and oxygen atoms in total. The van der Waals surface area contributed by atoms with Gasteiger partial charge in [-0.3, -0.25) is 14.4 Å². The van der Waals surface area contributed by atoms with Crippen LogP contribution in [0.2, 0.25) is 0 Å². The Labute approximate surface area is 119 Å². The summed E-state index contributed by atoms with van der Waals surface area (Å²) in [5.74, 6) is -1.27. The van der Waals surface area contributed by atoms with Crippen molar-refractivity contribution in [1.29, 1.82) is 0 Å². The summed E-state index contributed by atoms with van der Waals surface area (Å²) in [4.78, 5) is 35.8. The van der Waals surface area contributed by atoms with Crippen LogP contribution in [0.1, 0.15) is 46.5 Å². The molecule has 1 saturated carbocycles. The molecule has 0 saturated heterocycles. The molecule has 1 aliphatic carbocycles. The van der Waals surface area contributed by atoms with Crippen molar-refractivity contribution >= 4 is 17.8 Å². The molecule has 0 atom stereocenters. The summed E-state index contributed by atoms with van der Waals surface area (Å²) in [6.07, 6.45) is 2.14. The van der Waals surface area contributed by atoms with Crippen LogP contribution in [0, 0.1) is 5.41 Å². The number of nitrogens with zero attached hydrogens (tertiary/aromatic N) is 1. The van der Waals surface area contributed by atoms with Gasteiger partial charge in [0.2, 0.25) is 11.8 Å². The first-order valence-corrected chi connectivity index (χ1v) is 6.97. The zero-order valence-electron chi connectivity index (χ0n) is 12.4. The number of carbonyl (C=O) groups excluding carboxylic acids is 2. The monoisotopic (exact) mass is 284 g/mol. The Balaban J connectivity index is 2.38. The first kappa shape index (κ1) is 16.5. The molecule has 0 radical (unpaired) electrons. The van der Waals surface area contributed by atoms with Crippen LogP contribution < -0.4 is 5.32 Å². The van der Waals surface area contributed by atoms with Crippen molar-refractivity contribution in [3.8, 4) is 0 Å². The Morgan fingerprint density at radius 3 is 2.30 bits per heavy atom. The molecule has 0 spiro atoms. The summed E-state index contributed by atoms with van der Waals surface area (Å²) in [7, 11) is 0. The van der Waals surface area contributed by atoms with E-state index in [0.29, 0.717) is 6.42 Å². The number of carboxylic acids is 1. The van der Waals surface area contributed by atoms with E-state index in [1.807, 2.05) is 20.8 Å². The van der Waals surface area contributed by atoms with E-state index in [2.05, 4.69) is 5.32 Å². The van der Waals surface area contributed by atoms with Gasteiger partial charge < -0.3 is 15.3 Å². The first-order chi connectivity index (χ1) is 9.19. The highest BCUT2D eigenvalue weighted by Crippen LogP contribution is 2.27. The predicted molar refractivity (Wildman–Crippen MR) is 74.1 cm³/mol. The normalized spacial score (nSPS) is 14.8. The number of nitrogens with one attached hydrogen (secondary N) is 1. The third-order valence-corrected chi connectivity index (χ3v) is 3.00.